The smallest absolute Gasteiger partial charge is 0.489 e. The molecule has 2 aromatic rings. The standard InChI is InChI=1S/C21H21ClF3NO5/c22-17-2-1-3-18(31-21(23,24)25)16(17)13-30-15-6-4-14(5-7-15)19-12-26(10-11-29-19)9-8-20(27)28/h1-7,19H,8-13H2,(H,27,28). The van der Waals surface area contributed by atoms with Crippen molar-refractivity contribution in [3.63, 3.8) is 0 Å². The summed E-state index contributed by atoms with van der Waals surface area (Å²) in [5, 5.41) is 8.94. The summed E-state index contributed by atoms with van der Waals surface area (Å²) in [5.74, 6) is -0.805. The van der Waals surface area contributed by atoms with Gasteiger partial charge in [0.1, 0.15) is 18.1 Å². The van der Waals surface area contributed by atoms with E-state index in [1.54, 1.807) is 24.3 Å². The maximum absolute atomic E-state index is 12.6. The number of morpholine rings is 1. The van der Waals surface area contributed by atoms with E-state index >= 15 is 0 Å². The normalized spacial score (nSPS) is 17.4. The van der Waals surface area contributed by atoms with Crippen molar-refractivity contribution < 1.29 is 37.3 Å². The molecule has 168 valence electrons. The number of halogens is 4. The predicted molar refractivity (Wildman–Crippen MR) is 106 cm³/mol. The summed E-state index contributed by atoms with van der Waals surface area (Å²) in [7, 11) is 0. The predicted octanol–water partition coefficient (Wildman–Crippen LogP) is 4.67. The molecule has 0 bridgehead atoms. The molecule has 0 saturated carbocycles. The van der Waals surface area contributed by atoms with Crippen molar-refractivity contribution in [1.82, 2.24) is 4.90 Å². The first-order valence-corrected chi connectivity index (χ1v) is 9.91. The van der Waals surface area contributed by atoms with Gasteiger partial charge in [-0.1, -0.05) is 29.8 Å². The summed E-state index contributed by atoms with van der Waals surface area (Å²) in [6, 6.07) is 11.0. The Morgan fingerprint density at radius 3 is 2.65 bits per heavy atom. The van der Waals surface area contributed by atoms with Crippen molar-refractivity contribution in [3.05, 3.63) is 58.6 Å². The minimum absolute atomic E-state index is 0.0710. The van der Waals surface area contributed by atoms with Gasteiger partial charge in [-0.05, 0) is 29.8 Å². The Balaban J connectivity index is 1.61. The molecule has 1 N–H and O–H groups in total. The summed E-state index contributed by atoms with van der Waals surface area (Å²) >= 11 is 6.02. The molecule has 6 nitrogen and oxygen atoms in total. The molecule has 10 heteroatoms. The van der Waals surface area contributed by atoms with Crippen LogP contribution in [0.1, 0.15) is 23.7 Å². The van der Waals surface area contributed by atoms with E-state index in [2.05, 4.69) is 4.74 Å². The highest BCUT2D eigenvalue weighted by atomic mass is 35.5. The van der Waals surface area contributed by atoms with Gasteiger partial charge in [-0.3, -0.25) is 9.69 Å². The summed E-state index contributed by atoms with van der Waals surface area (Å²) in [6.07, 6.45) is -4.96. The van der Waals surface area contributed by atoms with Crippen LogP contribution < -0.4 is 9.47 Å². The summed E-state index contributed by atoms with van der Waals surface area (Å²) in [5.41, 5.74) is 0.987. The second-order valence-corrected chi connectivity index (χ2v) is 7.33. The lowest BCUT2D eigenvalue weighted by atomic mass is 10.1. The number of carboxylic acids is 1. The number of alkyl halides is 3. The Morgan fingerprint density at radius 2 is 1.97 bits per heavy atom. The van der Waals surface area contributed by atoms with E-state index in [1.165, 1.54) is 18.2 Å². The molecule has 1 fully saturated rings. The van der Waals surface area contributed by atoms with Crippen LogP contribution in [0.4, 0.5) is 13.2 Å². The fourth-order valence-corrected chi connectivity index (χ4v) is 3.41. The Labute approximate surface area is 182 Å². The van der Waals surface area contributed by atoms with E-state index in [-0.39, 0.29) is 29.7 Å². The molecular weight excluding hydrogens is 439 g/mol. The lowest BCUT2D eigenvalue weighted by Gasteiger charge is -2.32. The maximum Gasteiger partial charge on any atom is 0.573 e. The molecule has 1 unspecified atom stereocenters. The van der Waals surface area contributed by atoms with Gasteiger partial charge in [-0.15, -0.1) is 13.2 Å². The molecule has 1 aliphatic heterocycles. The molecule has 0 spiro atoms. The van der Waals surface area contributed by atoms with E-state index in [1.807, 2.05) is 4.90 Å². The lowest BCUT2D eigenvalue weighted by Crippen LogP contribution is -2.39. The first kappa shape index (κ1) is 23.2. The summed E-state index contributed by atoms with van der Waals surface area (Å²) < 4.78 is 53.2. The summed E-state index contributed by atoms with van der Waals surface area (Å²) in [4.78, 5) is 12.8. The number of carbonyl (C=O) groups is 1. The van der Waals surface area contributed by atoms with Crippen LogP contribution in [0.5, 0.6) is 11.5 Å². The van der Waals surface area contributed by atoms with Crippen molar-refractivity contribution in [2.45, 2.75) is 25.5 Å². The Bertz CT molecular complexity index is 892. The molecule has 31 heavy (non-hydrogen) atoms. The van der Waals surface area contributed by atoms with Crippen molar-refractivity contribution in [3.8, 4) is 11.5 Å². The molecule has 0 aromatic heterocycles. The van der Waals surface area contributed by atoms with Crippen LogP contribution in [0.2, 0.25) is 5.02 Å². The Hall–Kier alpha value is -2.49. The highest BCUT2D eigenvalue weighted by molar-refractivity contribution is 6.31. The van der Waals surface area contributed by atoms with Crippen molar-refractivity contribution in [2.24, 2.45) is 0 Å². The summed E-state index contributed by atoms with van der Waals surface area (Å²) in [6.45, 7) is 2.00. The van der Waals surface area contributed by atoms with E-state index in [0.717, 1.165) is 5.56 Å². The molecule has 0 amide bonds. The maximum atomic E-state index is 12.6. The Morgan fingerprint density at radius 1 is 1.23 bits per heavy atom. The largest absolute Gasteiger partial charge is 0.573 e. The highest BCUT2D eigenvalue weighted by Crippen LogP contribution is 2.32. The van der Waals surface area contributed by atoms with Crippen molar-refractivity contribution in [1.29, 1.82) is 0 Å². The van der Waals surface area contributed by atoms with Crippen LogP contribution in [-0.2, 0) is 16.1 Å². The number of nitrogens with zero attached hydrogens (tertiary/aromatic N) is 1. The fraction of sp³-hybridized carbons (Fsp3) is 0.381. The van der Waals surface area contributed by atoms with Crippen LogP contribution >= 0.6 is 11.6 Å². The topological polar surface area (TPSA) is 68.2 Å². The molecule has 2 aromatic carbocycles. The van der Waals surface area contributed by atoms with Gasteiger partial charge in [0.15, 0.2) is 0 Å². The van der Waals surface area contributed by atoms with Gasteiger partial charge >= 0.3 is 12.3 Å². The number of hydrogen-bond acceptors (Lipinski definition) is 5. The zero-order valence-corrected chi connectivity index (χ0v) is 17.2. The first-order valence-electron chi connectivity index (χ1n) is 9.53. The molecule has 3 rings (SSSR count). The highest BCUT2D eigenvalue weighted by Gasteiger charge is 2.32. The number of rotatable bonds is 8. The van der Waals surface area contributed by atoms with E-state index in [0.29, 0.717) is 32.0 Å². The average molecular weight is 460 g/mol. The van der Waals surface area contributed by atoms with Gasteiger partial charge in [0.25, 0.3) is 0 Å². The molecule has 1 atom stereocenters. The Kier molecular flexibility index (Phi) is 7.64. The fourth-order valence-electron chi connectivity index (χ4n) is 3.19. The monoisotopic (exact) mass is 459 g/mol. The van der Waals surface area contributed by atoms with Crippen LogP contribution in [-0.4, -0.2) is 48.6 Å². The zero-order chi connectivity index (χ0) is 22.4. The number of benzene rings is 2. The average Bonchev–Trinajstić information content (AvgIpc) is 2.71. The third-order valence-electron chi connectivity index (χ3n) is 4.73. The van der Waals surface area contributed by atoms with Crippen LogP contribution in [0, 0.1) is 0 Å². The molecule has 0 radical (unpaired) electrons. The van der Waals surface area contributed by atoms with Gasteiger partial charge in [-0.2, -0.15) is 0 Å². The third kappa shape index (κ3) is 7.02. The van der Waals surface area contributed by atoms with Gasteiger partial charge in [0.2, 0.25) is 0 Å². The minimum atomic E-state index is -4.83. The number of carboxylic acid groups (broad SMARTS) is 1. The zero-order valence-electron chi connectivity index (χ0n) is 16.4. The molecule has 1 aliphatic rings. The molecular formula is C21H21ClF3NO5. The SMILES string of the molecule is O=C(O)CCN1CCOC(c2ccc(OCc3c(Cl)cccc3OC(F)(F)F)cc2)C1. The minimum Gasteiger partial charge on any atom is -0.489 e. The molecule has 1 saturated heterocycles. The van der Waals surface area contributed by atoms with Gasteiger partial charge < -0.3 is 19.3 Å². The van der Waals surface area contributed by atoms with E-state index < -0.39 is 18.1 Å². The second-order valence-electron chi connectivity index (χ2n) is 6.93. The van der Waals surface area contributed by atoms with Gasteiger partial charge in [0, 0.05) is 19.6 Å². The second kappa shape index (κ2) is 10.2. The molecule has 1 heterocycles. The first-order chi connectivity index (χ1) is 14.7. The van der Waals surface area contributed by atoms with E-state index in [9.17, 15) is 18.0 Å². The van der Waals surface area contributed by atoms with Crippen LogP contribution in [0.25, 0.3) is 0 Å². The van der Waals surface area contributed by atoms with Gasteiger partial charge in [-0.25, -0.2) is 0 Å². The van der Waals surface area contributed by atoms with Crippen molar-refractivity contribution >= 4 is 17.6 Å². The number of hydrogen-bond donors (Lipinski definition) is 1. The number of ether oxygens (including phenoxy) is 3. The number of aliphatic carboxylic acids is 1. The third-order valence-corrected chi connectivity index (χ3v) is 5.08. The lowest BCUT2D eigenvalue weighted by molar-refractivity contribution is -0.275. The van der Waals surface area contributed by atoms with Crippen LogP contribution in [0.3, 0.4) is 0 Å². The quantitative estimate of drug-likeness (QED) is 0.619. The van der Waals surface area contributed by atoms with Gasteiger partial charge in [0.05, 0.1) is 29.7 Å². The van der Waals surface area contributed by atoms with Crippen molar-refractivity contribution in [2.75, 3.05) is 26.2 Å². The van der Waals surface area contributed by atoms with Crippen LogP contribution in [0.15, 0.2) is 42.5 Å². The van der Waals surface area contributed by atoms with E-state index in [4.69, 9.17) is 26.2 Å². The molecule has 0 aliphatic carbocycles.